The lowest BCUT2D eigenvalue weighted by molar-refractivity contribution is 0.123. The van der Waals surface area contributed by atoms with Crippen molar-refractivity contribution < 1.29 is 4.74 Å². The topological polar surface area (TPSA) is 21.3 Å². The van der Waals surface area contributed by atoms with E-state index in [-0.39, 0.29) is 0 Å². The fraction of sp³-hybridized carbons (Fsp3) is 0.500. The molecule has 0 atom stereocenters. The number of ether oxygens (including phenoxy) is 1. The van der Waals surface area contributed by atoms with Gasteiger partial charge in [-0.25, -0.2) is 0 Å². The van der Waals surface area contributed by atoms with Crippen molar-refractivity contribution in [3.05, 3.63) is 33.8 Å². The highest BCUT2D eigenvalue weighted by Crippen LogP contribution is 2.24. The van der Waals surface area contributed by atoms with Crippen LogP contribution in [0, 0.1) is 0 Å². The average molecular weight is 262 g/mol. The Labute approximate surface area is 107 Å². The summed E-state index contributed by atoms with van der Waals surface area (Å²) in [4.78, 5) is 0. The summed E-state index contributed by atoms with van der Waals surface area (Å²) in [6.45, 7) is 5.15. The first kappa shape index (κ1) is 13.8. The van der Waals surface area contributed by atoms with Crippen LogP contribution in [0.5, 0.6) is 0 Å². The molecular weight excluding hydrogens is 245 g/mol. The highest BCUT2D eigenvalue weighted by atomic mass is 35.5. The zero-order valence-electron chi connectivity index (χ0n) is 9.43. The third-order valence-corrected chi connectivity index (χ3v) is 2.87. The first-order valence-electron chi connectivity index (χ1n) is 5.47. The normalized spacial score (nSPS) is 10.7. The van der Waals surface area contributed by atoms with Gasteiger partial charge in [-0.05, 0) is 25.1 Å². The molecule has 0 fully saturated rings. The van der Waals surface area contributed by atoms with Crippen molar-refractivity contribution in [3.8, 4) is 0 Å². The molecule has 16 heavy (non-hydrogen) atoms. The predicted octanol–water partition coefficient (Wildman–Crippen LogP) is 3.51. The highest BCUT2D eigenvalue weighted by molar-refractivity contribution is 6.35. The Kier molecular flexibility index (Phi) is 6.81. The molecule has 1 aromatic rings. The van der Waals surface area contributed by atoms with Gasteiger partial charge in [0, 0.05) is 22.2 Å². The van der Waals surface area contributed by atoms with Crippen LogP contribution in [0.2, 0.25) is 10.0 Å². The van der Waals surface area contributed by atoms with Gasteiger partial charge in [-0.1, -0.05) is 36.2 Å². The molecule has 0 bridgehead atoms. The Bertz CT molecular complexity index is 298. The Morgan fingerprint density at radius 3 is 2.50 bits per heavy atom. The first-order valence-corrected chi connectivity index (χ1v) is 6.22. The van der Waals surface area contributed by atoms with Crippen LogP contribution in [0.1, 0.15) is 18.9 Å². The second-order valence-electron chi connectivity index (χ2n) is 3.50. The van der Waals surface area contributed by atoms with Crippen molar-refractivity contribution in [2.45, 2.75) is 20.0 Å². The smallest absolute Gasteiger partial charge is 0.0746 e. The zero-order chi connectivity index (χ0) is 11.8. The molecule has 0 unspecified atom stereocenters. The number of nitrogens with one attached hydrogen (secondary N) is 1. The standard InChI is InChI=1S/C12H17Cl2NO/c1-2-6-15-7-8-16-9-10-11(13)4-3-5-12(10)14/h3-5,15H,2,6-9H2,1H3. The molecule has 4 heteroatoms. The third kappa shape index (κ3) is 4.71. The molecule has 0 saturated carbocycles. The van der Waals surface area contributed by atoms with Crippen molar-refractivity contribution >= 4 is 23.2 Å². The monoisotopic (exact) mass is 261 g/mol. The molecule has 1 N–H and O–H groups in total. The Morgan fingerprint density at radius 2 is 1.88 bits per heavy atom. The zero-order valence-corrected chi connectivity index (χ0v) is 10.9. The molecule has 90 valence electrons. The summed E-state index contributed by atoms with van der Waals surface area (Å²) in [5.74, 6) is 0. The van der Waals surface area contributed by atoms with Gasteiger partial charge in [0.1, 0.15) is 0 Å². The van der Waals surface area contributed by atoms with Crippen LogP contribution in [0.4, 0.5) is 0 Å². The second-order valence-corrected chi connectivity index (χ2v) is 4.32. The Balaban J connectivity index is 2.26. The number of benzene rings is 1. The van der Waals surface area contributed by atoms with Gasteiger partial charge in [-0.2, -0.15) is 0 Å². The highest BCUT2D eigenvalue weighted by Gasteiger charge is 2.04. The Morgan fingerprint density at radius 1 is 1.19 bits per heavy atom. The van der Waals surface area contributed by atoms with E-state index in [9.17, 15) is 0 Å². The summed E-state index contributed by atoms with van der Waals surface area (Å²) in [6, 6.07) is 5.47. The minimum atomic E-state index is 0.465. The van der Waals surface area contributed by atoms with Gasteiger partial charge < -0.3 is 10.1 Å². The fourth-order valence-electron chi connectivity index (χ4n) is 1.29. The lowest BCUT2D eigenvalue weighted by Crippen LogP contribution is -2.20. The summed E-state index contributed by atoms with van der Waals surface area (Å²) in [7, 11) is 0. The van der Waals surface area contributed by atoms with Crippen LogP contribution < -0.4 is 5.32 Å². The van der Waals surface area contributed by atoms with Gasteiger partial charge in [-0.3, -0.25) is 0 Å². The van der Waals surface area contributed by atoms with E-state index in [2.05, 4.69) is 12.2 Å². The van der Waals surface area contributed by atoms with Crippen molar-refractivity contribution in [2.75, 3.05) is 19.7 Å². The van der Waals surface area contributed by atoms with E-state index < -0.39 is 0 Å². The molecule has 1 rings (SSSR count). The van der Waals surface area contributed by atoms with Crippen LogP contribution in [-0.2, 0) is 11.3 Å². The van der Waals surface area contributed by atoms with Gasteiger partial charge in [0.05, 0.1) is 13.2 Å². The van der Waals surface area contributed by atoms with Crippen LogP contribution in [0.3, 0.4) is 0 Å². The first-order chi connectivity index (χ1) is 7.75. The quantitative estimate of drug-likeness (QED) is 0.759. The molecule has 0 aliphatic heterocycles. The average Bonchev–Trinajstić information content (AvgIpc) is 2.26. The van der Waals surface area contributed by atoms with Gasteiger partial charge in [-0.15, -0.1) is 0 Å². The summed E-state index contributed by atoms with van der Waals surface area (Å²) in [6.07, 6.45) is 1.14. The number of hydrogen-bond donors (Lipinski definition) is 1. The van der Waals surface area contributed by atoms with Crippen LogP contribution in [0.15, 0.2) is 18.2 Å². The Hall–Kier alpha value is -0.280. The predicted molar refractivity (Wildman–Crippen MR) is 69.3 cm³/mol. The van der Waals surface area contributed by atoms with E-state index in [0.717, 1.165) is 25.1 Å². The molecule has 0 amide bonds. The molecule has 2 nitrogen and oxygen atoms in total. The SMILES string of the molecule is CCCNCCOCc1c(Cl)cccc1Cl. The summed E-state index contributed by atoms with van der Waals surface area (Å²) in [5, 5.41) is 4.58. The lowest BCUT2D eigenvalue weighted by atomic mass is 10.2. The molecular formula is C12H17Cl2NO. The number of hydrogen-bond acceptors (Lipinski definition) is 2. The second kappa shape index (κ2) is 7.91. The van der Waals surface area contributed by atoms with E-state index in [4.69, 9.17) is 27.9 Å². The van der Waals surface area contributed by atoms with Crippen molar-refractivity contribution in [2.24, 2.45) is 0 Å². The third-order valence-electron chi connectivity index (χ3n) is 2.16. The summed E-state index contributed by atoms with van der Waals surface area (Å²) in [5.41, 5.74) is 0.862. The minimum absolute atomic E-state index is 0.465. The molecule has 0 aromatic heterocycles. The lowest BCUT2D eigenvalue weighted by Gasteiger charge is -2.08. The van der Waals surface area contributed by atoms with Crippen molar-refractivity contribution in [3.63, 3.8) is 0 Å². The fourth-order valence-corrected chi connectivity index (χ4v) is 1.80. The summed E-state index contributed by atoms with van der Waals surface area (Å²) >= 11 is 12.0. The van der Waals surface area contributed by atoms with E-state index >= 15 is 0 Å². The molecule has 0 radical (unpaired) electrons. The maximum atomic E-state index is 6.01. The molecule has 0 aliphatic rings. The maximum Gasteiger partial charge on any atom is 0.0746 e. The minimum Gasteiger partial charge on any atom is -0.375 e. The van der Waals surface area contributed by atoms with E-state index in [1.165, 1.54) is 0 Å². The largest absolute Gasteiger partial charge is 0.375 e. The van der Waals surface area contributed by atoms with Crippen LogP contribution in [-0.4, -0.2) is 19.7 Å². The molecule has 0 spiro atoms. The molecule has 0 saturated heterocycles. The van der Waals surface area contributed by atoms with Gasteiger partial charge >= 0.3 is 0 Å². The summed E-state index contributed by atoms with van der Waals surface area (Å²) < 4.78 is 5.50. The van der Waals surface area contributed by atoms with Crippen molar-refractivity contribution in [1.82, 2.24) is 5.32 Å². The molecule has 0 heterocycles. The van der Waals surface area contributed by atoms with Gasteiger partial charge in [0.25, 0.3) is 0 Å². The number of halogens is 2. The van der Waals surface area contributed by atoms with Crippen molar-refractivity contribution in [1.29, 1.82) is 0 Å². The maximum absolute atomic E-state index is 6.01. The van der Waals surface area contributed by atoms with Gasteiger partial charge in [0.2, 0.25) is 0 Å². The number of rotatable bonds is 7. The van der Waals surface area contributed by atoms with E-state index in [0.29, 0.717) is 23.3 Å². The van der Waals surface area contributed by atoms with Crippen LogP contribution in [0.25, 0.3) is 0 Å². The van der Waals surface area contributed by atoms with E-state index in [1.54, 1.807) is 0 Å². The van der Waals surface area contributed by atoms with Crippen LogP contribution >= 0.6 is 23.2 Å². The molecule has 0 aliphatic carbocycles. The van der Waals surface area contributed by atoms with Gasteiger partial charge in [0.15, 0.2) is 0 Å². The van der Waals surface area contributed by atoms with E-state index in [1.807, 2.05) is 18.2 Å². The molecule has 1 aromatic carbocycles.